The molecule has 0 bridgehead atoms. The lowest BCUT2D eigenvalue weighted by molar-refractivity contribution is -0.0574. The van der Waals surface area contributed by atoms with E-state index in [1.54, 1.807) is 0 Å². The molecule has 20 heavy (non-hydrogen) atoms. The number of hydrogen-bond donors (Lipinski definition) is 4. The van der Waals surface area contributed by atoms with Crippen molar-refractivity contribution in [2.75, 3.05) is 18.9 Å². The number of aliphatic hydroxyl groups is 3. The molecule has 1 aliphatic rings. The van der Waals surface area contributed by atoms with Crippen LogP contribution in [-0.2, 0) is 4.74 Å². The van der Waals surface area contributed by atoms with E-state index in [1.807, 2.05) is 0 Å². The molecule has 1 saturated heterocycles. The highest BCUT2D eigenvalue weighted by Gasteiger charge is 2.53. The minimum absolute atomic E-state index is 0.468. The lowest BCUT2D eigenvalue weighted by Crippen LogP contribution is -2.43. The summed E-state index contributed by atoms with van der Waals surface area (Å²) >= 11 is 0. The molecule has 1 aliphatic heterocycles. The lowest BCUT2D eigenvalue weighted by atomic mass is 9.81. The van der Waals surface area contributed by atoms with Crippen LogP contribution in [0.3, 0.4) is 0 Å². The van der Waals surface area contributed by atoms with Crippen LogP contribution < -0.4 is 11.4 Å². The number of nitrogen functional groups attached to an aromatic ring is 1. The number of halogens is 1. The van der Waals surface area contributed by atoms with Gasteiger partial charge < -0.3 is 25.8 Å². The Hall–Kier alpha value is -1.55. The summed E-state index contributed by atoms with van der Waals surface area (Å²) in [4.78, 5) is 15.0. The Kier molecular flexibility index (Phi) is 3.78. The highest BCUT2D eigenvalue weighted by atomic mass is 19.1. The van der Waals surface area contributed by atoms with E-state index in [0.29, 0.717) is 0 Å². The van der Waals surface area contributed by atoms with Gasteiger partial charge in [0.1, 0.15) is 6.10 Å². The molecule has 0 radical (unpaired) electrons. The largest absolute Gasteiger partial charge is 0.396 e. The maximum absolute atomic E-state index is 13.4. The molecule has 2 rings (SSSR count). The van der Waals surface area contributed by atoms with Crippen LogP contribution in [0.4, 0.5) is 10.2 Å². The van der Waals surface area contributed by atoms with Crippen LogP contribution >= 0.6 is 0 Å². The minimum atomic E-state index is -1.33. The fraction of sp³-hybridized carbons (Fsp3) is 0.636. The second-order valence-corrected chi connectivity index (χ2v) is 4.97. The standard InChI is InChI=1S/C11H16FN3O5/c1-11(4-17)6(3-16)20-9(7(11)18)15-2-5(12)8(13)14-10(15)19/h2,6-7,9,16-18H,3-4H2,1H3,(H2,13,14,19)/t6-,7-,9+,11-/m1/s1. The van der Waals surface area contributed by atoms with E-state index in [1.165, 1.54) is 6.92 Å². The number of nitrogens with zero attached hydrogens (tertiary/aromatic N) is 2. The summed E-state index contributed by atoms with van der Waals surface area (Å²) in [6.45, 7) is 0.546. The van der Waals surface area contributed by atoms with Crippen LogP contribution in [0.25, 0.3) is 0 Å². The molecule has 112 valence electrons. The monoisotopic (exact) mass is 289 g/mol. The Balaban J connectivity index is 2.45. The van der Waals surface area contributed by atoms with Crippen molar-refractivity contribution in [1.82, 2.24) is 9.55 Å². The van der Waals surface area contributed by atoms with Gasteiger partial charge in [0.05, 0.1) is 25.5 Å². The van der Waals surface area contributed by atoms with E-state index >= 15 is 0 Å². The summed E-state index contributed by atoms with van der Waals surface area (Å²) in [6.07, 6.45) is -2.72. The number of aromatic nitrogens is 2. The number of ether oxygens (including phenoxy) is 1. The first-order valence-electron chi connectivity index (χ1n) is 5.94. The molecule has 0 amide bonds. The van der Waals surface area contributed by atoms with Crippen molar-refractivity contribution in [1.29, 1.82) is 0 Å². The van der Waals surface area contributed by atoms with Gasteiger partial charge in [-0.15, -0.1) is 0 Å². The van der Waals surface area contributed by atoms with Crippen LogP contribution in [0.15, 0.2) is 11.0 Å². The summed E-state index contributed by atoms with van der Waals surface area (Å²) in [5, 5.41) is 28.8. The third-order valence-corrected chi connectivity index (χ3v) is 3.70. The predicted octanol–water partition coefficient (Wildman–Crippen LogP) is -1.79. The lowest BCUT2D eigenvalue weighted by Gasteiger charge is -2.29. The molecule has 9 heteroatoms. The topological polar surface area (TPSA) is 131 Å². The van der Waals surface area contributed by atoms with Gasteiger partial charge in [-0.25, -0.2) is 9.18 Å². The van der Waals surface area contributed by atoms with Crippen LogP contribution in [0, 0.1) is 11.2 Å². The fourth-order valence-corrected chi connectivity index (χ4v) is 2.22. The van der Waals surface area contributed by atoms with Crippen molar-refractivity contribution in [3.05, 3.63) is 22.5 Å². The Labute approximate surface area is 113 Å². The molecular weight excluding hydrogens is 273 g/mol. The summed E-state index contributed by atoms with van der Waals surface area (Å²) in [6, 6.07) is 0. The van der Waals surface area contributed by atoms with Gasteiger partial charge in [-0.05, 0) is 0 Å². The van der Waals surface area contributed by atoms with Gasteiger partial charge >= 0.3 is 5.69 Å². The Morgan fingerprint density at radius 1 is 1.60 bits per heavy atom. The second kappa shape index (κ2) is 5.09. The van der Waals surface area contributed by atoms with Crippen molar-refractivity contribution in [2.24, 2.45) is 5.41 Å². The van der Waals surface area contributed by atoms with E-state index in [9.17, 15) is 24.5 Å². The molecule has 0 aliphatic carbocycles. The van der Waals surface area contributed by atoms with Crippen molar-refractivity contribution in [3.63, 3.8) is 0 Å². The van der Waals surface area contributed by atoms with Crippen LogP contribution in [0.2, 0.25) is 0 Å². The highest BCUT2D eigenvalue weighted by molar-refractivity contribution is 5.26. The summed E-state index contributed by atoms with van der Waals surface area (Å²) < 4.78 is 19.5. The Morgan fingerprint density at radius 3 is 2.75 bits per heavy atom. The Bertz CT molecular complexity index is 565. The van der Waals surface area contributed by atoms with E-state index in [-0.39, 0.29) is 0 Å². The molecule has 0 unspecified atom stereocenters. The molecule has 0 aromatic carbocycles. The third-order valence-electron chi connectivity index (χ3n) is 3.70. The second-order valence-electron chi connectivity index (χ2n) is 4.97. The van der Waals surface area contributed by atoms with E-state index < -0.39 is 54.4 Å². The summed E-state index contributed by atoms with van der Waals surface area (Å²) in [5.41, 5.74) is 3.09. The molecule has 8 nitrogen and oxygen atoms in total. The minimum Gasteiger partial charge on any atom is -0.396 e. The van der Waals surface area contributed by atoms with Crippen molar-refractivity contribution >= 4 is 5.82 Å². The maximum Gasteiger partial charge on any atom is 0.351 e. The molecule has 4 atom stereocenters. The number of anilines is 1. The molecule has 0 saturated carbocycles. The van der Waals surface area contributed by atoms with Crippen LogP contribution in [-0.4, -0.2) is 50.3 Å². The average molecular weight is 289 g/mol. The van der Waals surface area contributed by atoms with Gasteiger partial charge in [0.15, 0.2) is 17.9 Å². The SMILES string of the molecule is C[C@]1(CO)[C@H](O)[C@@H](n2cc(F)c(N)nc2=O)O[C@@H]1CO. The van der Waals surface area contributed by atoms with Crippen molar-refractivity contribution in [3.8, 4) is 0 Å². The smallest absolute Gasteiger partial charge is 0.351 e. The zero-order valence-electron chi connectivity index (χ0n) is 10.7. The quantitative estimate of drug-likeness (QED) is 0.517. The van der Waals surface area contributed by atoms with Gasteiger partial charge in [0.2, 0.25) is 0 Å². The molecule has 0 spiro atoms. The predicted molar refractivity (Wildman–Crippen MR) is 65.1 cm³/mol. The number of nitrogens with two attached hydrogens (primary N) is 1. The van der Waals surface area contributed by atoms with Crippen molar-refractivity contribution < 1.29 is 24.4 Å². The van der Waals surface area contributed by atoms with E-state index in [0.717, 1.165) is 10.8 Å². The zero-order chi connectivity index (χ0) is 15.1. The molecule has 5 N–H and O–H groups in total. The maximum atomic E-state index is 13.4. The zero-order valence-corrected chi connectivity index (χ0v) is 10.7. The third kappa shape index (κ3) is 2.08. The number of rotatable bonds is 3. The summed E-state index contributed by atoms with van der Waals surface area (Å²) in [5.74, 6) is -1.49. The molecule has 1 aromatic rings. The fourth-order valence-electron chi connectivity index (χ4n) is 2.22. The van der Waals surface area contributed by atoms with Gasteiger partial charge in [0, 0.05) is 5.41 Å². The molecule has 2 heterocycles. The number of aliphatic hydroxyl groups excluding tert-OH is 3. The number of hydrogen-bond acceptors (Lipinski definition) is 7. The normalized spacial score (nSPS) is 33.5. The van der Waals surface area contributed by atoms with Crippen molar-refractivity contribution in [2.45, 2.75) is 25.4 Å². The molecule has 1 fully saturated rings. The first-order valence-corrected chi connectivity index (χ1v) is 5.94. The highest BCUT2D eigenvalue weighted by Crippen LogP contribution is 2.42. The van der Waals surface area contributed by atoms with Gasteiger partial charge in [-0.2, -0.15) is 4.98 Å². The first kappa shape index (κ1) is 14.9. The molecular formula is C11H16FN3O5. The first-order chi connectivity index (χ1) is 9.35. The van der Waals surface area contributed by atoms with Crippen LogP contribution in [0.1, 0.15) is 13.2 Å². The van der Waals surface area contributed by atoms with Gasteiger partial charge in [0.25, 0.3) is 0 Å². The van der Waals surface area contributed by atoms with Gasteiger partial charge in [-0.1, -0.05) is 6.92 Å². The van der Waals surface area contributed by atoms with Crippen LogP contribution in [0.5, 0.6) is 0 Å². The average Bonchev–Trinajstić information content (AvgIpc) is 2.67. The van der Waals surface area contributed by atoms with E-state index in [4.69, 9.17) is 10.5 Å². The van der Waals surface area contributed by atoms with E-state index in [2.05, 4.69) is 4.98 Å². The molecule has 1 aromatic heterocycles. The van der Waals surface area contributed by atoms with Gasteiger partial charge in [-0.3, -0.25) is 4.57 Å². The summed E-state index contributed by atoms with van der Waals surface area (Å²) in [7, 11) is 0. The Morgan fingerprint density at radius 2 is 2.25 bits per heavy atom.